The van der Waals surface area contributed by atoms with E-state index in [1.807, 2.05) is 35.8 Å². The standard InChI is InChI=1S/C19H19ClN4O2/c1-12(21-13(2)25)19-23-16-8-3-4-9-17(16)24(19)11-18(26)22-15-7-5-6-14(20)10-15/h3-10,12H,11H2,1-2H3,(H,21,25)(H,22,26). The average molecular weight is 371 g/mol. The highest BCUT2D eigenvalue weighted by Crippen LogP contribution is 2.21. The number of amides is 2. The summed E-state index contributed by atoms with van der Waals surface area (Å²) in [6.07, 6.45) is 0. The smallest absolute Gasteiger partial charge is 0.244 e. The van der Waals surface area contributed by atoms with E-state index >= 15 is 0 Å². The Balaban J connectivity index is 1.90. The summed E-state index contributed by atoms with van der Waals surface area (Å²) >= 11 is 5.96. The van der Waals surface area contributed by atoms with Crippen LogP contribution in [-0.4, -0.2) is 21.4 Å². The number of hydrogen-bond acceptors (Lipinski definition) is 3. The van der Waals surface area contributed by atoms with Crippen LogP contribution in [0.4, 0.5) is 5.69 Å². The van der Waals surface area contributed by atoms with Crippen LogP contribution in [0.2, 0.25) is 5.02 Å². The molecule has 3 aromatic rings. The molecule has 0 radical (unpaired) electrons. The molecule has 0 aliphatic heterocycles. The first-order valence-corrected chi connectivity index (χ1v) is 8.59. The zero-order valence-corrected chi connectivity index (χ0v) is 15.2. The van der Waals surface area contributed by atoms with Gasteiger partial charge in [-0.3, -0.25) is 9.59 Å². The van der Waals surface area contributed by atoms with Gasteiger partial charge in [-0.1, -0.05) is 29.8 Å². The number of imidazole rings is 1. The second kappa shape index (κ2) is 7.58. The zero-order valence-electron chi connectivity index (χ0n) is 14.5. The fourth-order valence-corrected chi connectivity index (χ4v) is 3.06. The van der Waals surface area contributed by atoms with E-state index < -0.39 is 0 Å². The SMILES string of the molecule is CC(=O)NC(C)c1nc2ccccc2n1CC(=O)Nc1cccc(Cl)c1. The fraction of sp³-hybridized carbons (Fsp3) is 0.211. The molecule has 1 heterocycles. The molecule has 2 amide bonds. The molecule has 0 fully saturated rings. The topological polar surface area (TPSA) is 76.0 Å². The molecular weight excluding hydrogens is 352 g/mol. The largest absolute Gasteiger partial charge is 0.347 e. The molecule has 3 rings (SSSR count). The van der Waals surface area contributed by atoms with Gasteiger partial charge in [0.15, 0.2) is 0 Å². The van der Waals surface area contributed by atoms with Gasteiger partial charge in [0.2, 0.25) is 11.8 Å². The van der Waals surface area contributed by atoms with E-state index in [-0.39, 0.29) is 24.4 Å². The normalized spacial score (nSPS) is 12.0. The van der Waals surface area contributed by atoms with Crippen molar-refractivity contribution in [1.29, 1.82) is 0 Å². The quantitative estimate of drug-likeness (QED) is 0.721. The molecule has 0 aliphatic rings. The molecule has 0 saturated heterocycles. The number of anilines is 1. The van der Waals surface area contributed by atoms with Gasteiger partial charge in [-0.05, 0) is 37.3 Å². The third kappa shape index (κ3) is 4.03. The highest BCUT2D eigenvalue weighted by Gasteiger charge is 2.19. The number of carbonyl (C=O) groups excluding carboxylic acids is 2. The van der Waals surface area contributed by atoms with Crippen molar-refractivity contribution in [2.75, 3.05) is 5.32 Å². The molecule has 6 nitrogen and oxygen atoms in total. The highest BCUT2D eigenvalue weighted by molar-refractivity contribution is 6.30. The number of aromatic nitrogens is 2. The second-order valence-corrected chi connectivity index (χ2v) is 6.46. The lowest BCUT2D eigenvalue weighted by Crippen LogP contribution is -2.28. The third-order valence-corrected chi connectivity index (χ3v) is 4.14. The zero-order chi connectivity index (χ0) is 18.7. The Hall–Kier alpha value is -2.86. The predicted molar refractivity (Wildman–Crippen MR) is 102 cm³/mol. The Morgan fingerprint density at radius 2 is 1.96 bits per heavy atom. The number of halogens is 1. The van der Waals surface area contributed by atoms with Crippen LogP contribution in [0.15, 0.2) is 48.5 Å². The van der Waals surface area contributed by atoms with Crippen molar-refractivity contribution >= 4 is 40.1 Å². The van der Waals surface area contributed by atoms with Crippen molar-refractivity contribution in [1.82, 2.24) is 14.9 Å². The van der Waals surface area contributed by atoms with E-state index in [9.17, 15) is 9.59 Å². The maximum Gasteiger partial charge on any atom is 0.244 e. The molecule has 0 aliphatic carbocycles. The van der Waals surface area contributed by atoms with Crippen molar-refractivity contribution in [2.24, 2.45) is 0 Å². The number of rotatable bonds is 5. The Morgan fingerprint density at radius 1 is 1.19 bits per heavy atom. The van der Waals surface area contributed by atoms with Crippen LogP contribution in [0.1, 0.15) is 25.7 Å². The van der Waals surface area contributed by atoms with E-state index in [2.05, 4.69) is 15.6 Å². The minimum atomic E-state index is -0.320. The number of benzene rings is 2. The summed E-state index contributed by atoms with van der Waals surface area (Å²) in [5.74, 6) is 0.272. The van der Waals surface area contributed by atoms with Crippen molar-refractivity contribution in [3.05, 3.63) is 59.4 Å². The second-order valence-electron chi connectivity index (χ2n) is 6.03. The van der Waals surface area contributed by atoms with Crippen LogP contribution in [0.3, 0.4) is 0 Å². The highest BCUT2D eigenvalue weighted by atomic mass is 35.5. The van der Waals surface area contributed by atoms with E-state index in [0.29, 0.717) is 16.5 Å². The van der Waals surface area contributed by atoms with Gasteiger partial charge < -0.3 is 15.2 Å². The van der Waals surface area contributed by atoms with Gasteiger partial charge in [-0.2, -0.15) is 0 Å². The molecule has 26 heavy (non-hydrogen) atoms. The summed E-state index contributed by atoms with van der Waals surface area (Å²) in [4.78, 5) is 28.5. The van der Waals surface area contributed by atoms with E-state index in [0.717, 1.165) is 11.0 Å². The van der Waals surface area contributed by atoms with Crippen LogP contribution in [0.25, 0.3) is 11.0 Å². The molecule has 0 bridgehead atoms. The molecule has 7 heteroatoms. The van der Waals surface area contributed by atoms with Gasteiger partial charge in [-0.25, -0.2) is 4.98 Å². The summed E-state index contributed by atoms with van der Waals surface area (Å²) < 4.78 is 1.82. The van der Waals surface area contributed by atoms with Crippen molar-refractivity contribution in [3.63, 3.8) is 0 Å². The van der Waals surface area contributed by atoms with Gasteiger partial charge in [0.25, 0.3) is 0 Å². The maximum atomic E-state index is 12.5. The van der Waals surface area contributed by atoms with Crippen LogP contribution >= 0.6 is 11.6 Å². The Bertz CT molecular complexity index is 967. The molecule has 0 saturated carbocycles. The number of hydrogen-bond donors (Lipinski definition) is 2. The van der Waals surface area contributed by atoms with Gasteiger partial charge in [-0.15, -0.1) is 0 Å². The van der Waals surface area contributed by atoms with E-state index in [4.69, 9.17) is 11.6 Å². The number of nitrogens with zero attached hydrogens (tertiary/aromatic N) is 2. The molecule has 2 N–H and O–H groups in total. The molecule has 1 unspecified atom stereocenters. The molecule has 134 valence electrons. The van der Waals surface area contributed by atoms with Gasteiger partial charge in [0.1, 0.15) is 12.4 Å². The van der Waals surface area contributed by atoms with Gasteiger partial charge in [0, 0.05) is 17.6 Å². The summed E-state index contributed by atoms with van der Waals surface area (Å²) in [7, 11) is 0. The minimum Gasteiger partial charge on any atom is -0.347 e. The summed E-state index contributed by atoms with van der Waals surface area (Å²) in [5, 5.41) is 6.20. The van der Waals surface area contributed by atoms with Crippen LogP contribution in [0, 0.1) is 0 Å². The van der Waals surface area contributed by atoms with E-state index in [1.165, 1.54) is 6.92 Å². The van der Waals surface area contributed by atoms with E-state index in [1.54, 1.807) is 24.3 Å². The molecular formula is C19H19ClN4O2. The van der Waals surface area contributed by atoms with Crippen LogP contribution in [0.5, 0.6) is 0 Å². The lowest BCUT2D eigenvalue weighted by Gasteiger charge is -2.15. The average Bonchev–Trinajstić information content (AvgIpc) is 2.93. The lowest BCUT2D eigenvalue weighted by molar-refractivity contribution is -0.119. The van der Waals surface area contributed by atoms with Crippen molar-refractivity contribution in [2.45, 2.75) is 26.4 Å². The monoisotopic (exact) mass is 370 g/mol. The molecule has 0 spiro atoms. The Kier molecular flexibility index (Phi) is 5.23. The summed E-state index contributed by atoms with van der Waals surface area (Å²) in [6, 6.07) is 14.2. The van der Waals surface area contributed by atoms with Gasteiger partial charge in [0.05, 0.1) is 17.1 Å². The first-order valence-electron chi connectivity index (χ1n) is 8.21. The Morgan fingerprint density at radius 3 is 2.69 bits per heavy atom. The maximum absolute atomic E-state index is 12.5. The Labute approximate surface area is 156 Å². The number of carbonyl (C=O) groups is 2. The minimum absolute atomic E-state index is 0.0757. The number of nitrogens with one attached hydrogen (secondary N) is 2. The van der Waals surface area contributed by atoms with Crippen molar-refractivity contribution < 1.29 is 9.59 Å². The van der Waals surface area contributed by atoms with Crippen molar-refractivity contribution in [3.8, 4) is 0 Å². The first-order chi connectivity index (χ1) is 12.4. The number of para-hydroxylation sites is 2. The van der Waals surface area contributed by atoms with Crippen LogP contribution < -0.4 is 10.6 Å². The molecule has 1 aromatic heterocycles. The fourth-order valence-electron chi connectivity index (χ4n) is 2.87. The molecule has 2 aromatic carbocycles. The third-order valence-electron chi connectivity index (χ3n) is 3.90. The summed E-state index contributed by atoms with van der Waals surface area (Å²) in [6.45, 7) is 3.37. The molecule has 1 atom stereocenters. The summed E-state index contributed by atoms with van der Waals surface area (Å²) in [5.41, 5.74) is 2.24. The predicted octanol–water partition coefficient (Wildman–Crippen LogP) is 3.53. The van der Waals surface area contributed by atoms with Crippen LogP contribution in [-0.2, 0) is 16.1 Å². The lowest BCUT2D eigenvalue weighted by atomic mass is 10.3. The first kappa shape index (κ1) is 17.9. The van der Waals surface area contributed by atoms with Gasteiger partial charge >= 0.3 is 0 Å². The number of fused-ring (bicyclic) bond motifs is 1.